The molecule has 0 spiro atoms. The second-order valence-corrected chi connectivity index (χ2v) is 4.72. The van der Waals surface area contributed by atoms with Gasteiger partial charge in [-0.3, -0.25) is 4.79 Å². The summed E-state index contributed by atoms with van der Waals surface area (Å²) in [5.74, 6) is -0.215. The lowest BCUT2D eigenvalue weighted by atomic mass is 10.0. The monoisotopic (exact) mass is 257 g/mol. The minimum atomic E-state index is -0.251. The highest BCUT2D eigenvalue weighted by molar-refractivity contribution is 6.03. The summed E-state index contributed by atoms with van der Waals surface area (Å²) >= 11 is 0. The summed E-state index contributed by atoms with van der Waals surface area (Å²) < 4.78 is 5.22. The second-order valence-electron chi connectivity index (χ2n) is 4.72. The molecule has 2 aromatic rings. The Kier molecular flexibility index (Phi) is 3.09. The Bertz CT molecular complexity index is 618. The number of amides is 1. The molecule has 98 valence electrons. The number of ether oxygens (including phenoxy) is 1. The molecule has 0 bridgehead atoms. The third kappa shape index (κ3) is 2.27. The molecule has 1 atom stereocenters. The molecule has 1 aliphatic heterocycles. The molecular formula is C15H15NO3. The zero-order valence-electron chi connectivity index (χ0n) is 10.4. The van der Waals surface area contributed by atoms with E-state index >= 15 is 0 Å². The molecule has 0 saturated carbocycles. The first-order valence-corrected chi connectivity index (χ1v) is 6.35. The molecule has 19 heavy (non-hydrogen) atoms. The molecule has 0 radical (unpaired) electrons. The number of benzene rings is 2. The number of fused-ring (bicyclic) bond motifs is 1. The van der Waals surface area contributed by atoms with Crippen molar-refractivity contribution in [2.75, 3.05) is 13.2 Å². The Balaban J connectivity index is 1.91. The number of phenols is 1. The summed E-state index contributed by atoms with van der Waals surface area (Å²) in [6.45, 7) is 1.22. The topological polar surface area (TPSA) is 58.6 Å². The van der Waals surface area contributed by atoms with Gasteiger partial charge in [0, 0.05) is 12.0 Å². The van der Waals surface area contributed by atoms with Crippen LogP contribution < -0.4 is 5.32 Å². The van der Waals surface area contributed by atoms with Crippen LogP contribution in [0.4, 0.5) is 0 Å². The first-order valence-electron chi connectivity index (χ1n) is 6.35. The van der Waals surface area contributed by atoms with Crippen LogP contribution in [0.3, 0.4) is 0 Å². The fourth-order valence-electron chi connectivity index (χ4n) is 2.35. The Morgan fingerprint density at radius 1 is 1.26 bits per heavy atom. The summed E-state index contributed by atoms with van der Waals surface area (Å²) in [4.78, 5) is 12.1. The average Bonchev–Trinajstić information content (AvgIpc) is 2.92. The molecule has 1 unspecified atom stereocenters. The van der Waals surface area contributed by atoms with Gasteiger partial charge in [0.15, 0.2) is 0 Å². The number of rotatable bonds is 2. The van der Waals surface area contributed by atoms with E-state index < -0.39 is 0 Å². The number of carbonyl (C=O) groups excluding carboxylic acids is 1. The lowest BCUT2D eigenvalue weighted by Crippen LogP contribution is -2.35. The number of aromatic hydroxyl groups is 1. The zero-order chi connectivity index (χ0) is 13.2. The highest BCUT2D eigenvalue weighted by Crippen LogP contribution is 2.28. The van der Waals surface area contributed by atoms with E-state index in [0.717, 1.165) is 11.8 Å². The molecule has 4 nitrogen and oxygen atoms in total. The van der Waals surface area contributed by atoms with Gasteiger partial charge in [0.1, 0.15) is 5.75 Å². The van der Waals surface area contributed by atoms with E-state index in [1.807, 2.05) is 24.3 Å². The fourth-order valence-corrected chi connectivity index (χ4v) is 2.35. The van der Waals surface area contributed by atoms with E-state index in [1.54, 1.807) is 12.1 Å². The molecule has 4 heteroatoms. The quantitative estimate of drug-likeness (QED) is 0.865. The first kappa shape index (κ1) is 12.0. The van der Waals surface area contributed by atoms with Crippen LogP contribution in [-0.2, 0) is 4.74 Å². The van der Waals surface area contributed by atoms with Crippen molar-refractivity contribution < 1.29 is 14.6 Å². The van der Waals surface area contributed by atoms with Crippen molar-refractivity contribution in [1.29, 1.82) is 0 Å². The molecule has 1 amide bonds. The van der Waals surface area contributed by atoms with Gasteiger partial charge in [-0.2, -0.15) is 0 Å². The fraction of sp³-hybridized carbons (Fsp3) is 0.267. The van der Waals surface area contributed by atoms with Crippen molar-refractivity contribution in [3.05, 3.63) is 42.0 Å². The van der Waals surface area contributed by atoms with E-state index in [0.29, 0.717) is 24.2 Å². The van der Waals surface area contributed by atoms with Crippen molar-refractivity contribution >= 4 is 16.7 Å². The molecule has 0 aromatic heterocycles. The van der Waals surface area contributed by atoms with Gasteiger partial charge in [-0.1, -0.05) is 30.3 Å². The van der Waals surface area contributed by atoms with Crippen molar-refractivity contribution in [2.45, 2.75) is 12.5 Å². The van der Waals surface area contributed by atoms with Crippen LogP contribution in [0, 0.1) is 0 Å². The molecule has 1 saturated heterocycles. The van der Waals surface area contributed by atoms with E-state index in [4.69, 9.17) is 4.74 Å². The largest absolute Gasteiger partial charge is 0.506 e. The summed E-state index contributed by atoms with van der Waals surface area (Å²) in [6, 6.07) is 11.0. The molecule has 1 fully saturated rings. The normalized spacial score (nSPS) is 18.6. The Hall–Kier alpha value is -2.07. The number of phenolic OH excluding ortho intramolecular Hbond substituents is 1. The van der Waals surface area contributed by atoms with E-state index in [9.17, 15) is 9.90 Å². The number of nitrogens with one attached hydrogen (secondary N) is 1. The maximum Gasteiger partial charge on any atom is 0.255 e. The zero-order valence-corrected chi connectivity index (χ0v) is 10.4. The number of hydrogen-bond donors (Lipinski definition) is 2. The van der Waals surface area contributed by atoms with E-state index in [1.165, 1.54) is 0 Å². The average molecular weight is 257 g/mol. The molecule has 0 aliphatic carbocycles. The van der Waals surface area contributed by atoms with Crippen molar-refractivity contribution in [3.8, 4) is 5.75 Å². The number of carbonyl (C=O) groups is 1. The summed E-state index contributed by atoms with van der Waals surface area (Å²) in [5.41, 5.74) is 0.311. The minimum Gasteiger partial charge on any atom is -0.506 e. The minimum absolute atomic E-state index is 0.0366. The maximum atomic E-state index is 12.1. The second kappa shape index (κ2) is 4.90. The van der Waals surface area contributed by atoms with E-state index in [-0.39, 0.29) is 17.7 Å². The molecule has 2 aromatic carbocycles. The third-order valence-corrected chi connectivity index (χ3v) is 3.41. The Morgan fingerprint density at radius 3 is 2.89 bits per heavy atom. The lowest BCUT2D eigenvalue weighted by molar-refractivity contribution is 0.0927. The van der Waals surface area contributed by atoms with Gasteiger partial charge in [0.05, 0.1) is 18.2 Å². The van der Waals surface area contributed by atoms with Gasteiger partial charge < -0.3 is 15.2 Å². The number of hydrogen-bond acceptors (Lipinski definition) is 3. The highest BCUT2D eigenvalue weighted by atomic mass is 16.5. The van der Waals surface area contributed by atoms with Crippen LogP contribution >= 0.6 is 0 Å². The van der Waals surface area contributed by atoms with Crippen molar-refractivity contribution in [1.82, 2.24) is 5.32 Å². The van der Waals surface area contributed by atoms with Crippen molar-refractivity contribution in [2.24, 2.45) is 0 Å². The molecular weight excluding hydrogens is 242 g/mol. The lowest BCUT2D eigenvalue weighted by Gasteiger charge is -2.12. The predicted molar refractivity (Wildman–Crippen MR) is 72.3 cm³/mol. The van der Waals surface area contributed by atoms with Crippen LogP contribution in [0.25, 0.3) is 10.8 Å². The highest BCUT2D eigenvalue weighted by Gasteiger charge is 2.20. The van der Waals surface area contributed by atoms with Gasteiger partial charge in [-0.15, -0.1) is 0 Å². The predicted octanol–water partition coefficient (Wildman–Crippen LogP) is 2.06. The molecule has 1 heterocycles. The molecule has 3 rings (SSSR count). The van der Waals surface area contributed by atoms with Crippen LogP contribution in [0.15, 0.2) is 36.4 Å². The molecule has 2 N–H and O–H groups in total. The SMILES string of the molecule is O=C(NC1CCOC1)c1ccc2ccccc2c1O. The van der Waals surface area contributed by atoms with Gasteiger partial charge in [-0.05, 0) is 17.9 Å². The van der Waals surface area contributed by atoms with E-state index in [2.05, 4.69) is 5.32 Å². The van der Waals surface area contributed by atoms with Crippen LogP contribution in [0.5, 0.6) is 5.75 Å². The Labute approximate surface area is 111 Å². The van der Waals surface area contributed by atoms with Gasteiger partial charge in [-0.25, -0.2) is 0 Å². The summed E-state index contributed by atoms with van der Waals surface area (Å²) in [7, 11) is 0. The smallest absolute Gasteiger partial charge is 0.255 e. The van der Waals surface area contributed by atoms with Gasteiger partial charge in [0.2, 0.25) is 0 Å². The summed E-state index contributed by atoms with van der Waals surface area (Å²) in [6.07, 6.45) is 0.820. The molecule has 1 aliphatic rings. The Morgan fingerprint density at radius 2 is 2.11 bits per heavy atom. The van der Waals surface area contributed by atoms with Crippen molar-refractivity contribution in [3.63, 3.8) is 0 Å². The van der Waals surface area contributed by atoms with Crippen LogP contribution in [0.1, 0.15) is 16.8 Å². The van der Waals surface area contributed by atoms with Crippen LogP contribution in [0.2, 0.25) is 0 Å². The third-order valence-electron chi connectivity index (χ3n) is 3.41. The van der Waals surface area contributed by atoms with Crippen LogP contribution in [-0.4, -0.2) is 30.3 Å². The maximum absolute atomic E-state index is 12.1. The standard InChI is InChI=1S/C15H15NO3/c17-14-12-4-2-1-3-10(12)5-6-13(14)15(18)16-11-7-8-19-9-11/h1-6,11,17H,7-9H2,(H,16,18). The van der Waals surface area contributed by atoms with Gasteiger partial charge >= 0.3 is 0 Å². The first-order chi connectivity index (χ1) is 9.25. The summed E-state index contributed by atoms with van der Waals surface area (Å²) in [5, 5.41) is 14.7. The van der Waals surface area contributed by atoms with Gasteiger partial charge in [0.25, 0.3) is 5.91 Å².